The first-order valence-electron chi connectivity index (χ1n) is 7.93. The predicted molar refractivity (Wildman–Crippen MR) is 89.5 cm³/mol. The first-order chi connectivity index (χ1) is 11.0. The third-order valence-corrected chi connectivity index (χ3v) is 4.25. The Morgan fingerprint density at radius 3 is 2.65 bits per heavy atom. The molecule has 1 aromatic heterocycles. The fourth-order valence-electron chi connectivity index (χ4n) is 2.93. The van der Waals surface area contributed by atoms with E-state index >= 15 is 0 Å². The number of carboxylic acids is 1. The summed E-state index contributed by atoms with van der Waals surface area (Å²) in [6.07, 6.45) is 1.61. The Balaban J connectivity index is 1.91. The van der Waals surface area contributed by atoms with Gasteiger partial charge >= 0.3 is 5.97 Å². The highest BCUT2D eigenvalue weighted by Crippen LogP contribution is 2.25. The van der Waals surface area contributed by atoms with E-state index in [4.69, 9.17) is 0 Å². The van der Waals surface area contributed by atoms with E-state index in [9.17, 15) is 9.90 Å². The molecule has 1 aromatic carbocycles. The van der Waals surface area contributed by atoms with Gasteiger partial charge in [0.05, 0.1) is 5.92 Å². The van der Waals surface area contributed by atoms with Crippen LogP contribution < -0.4 is 4.90 Å². The molecule has 2 heterocycles. The molecule has 1 aliphatic heterocycles. The molecule has 0 bridgehead atoms. The highest BCUT2D eigenvalue weighted by molar-refractivity contribution is 5.71. The molecule has 120 valence electrons. The van der Waals surface area contributed by atoms with Crippen molar-refractivity contribution in [3.63, 3.8) is 0 Å². The fraction of sp³-hybridized carbons (Fsp3) is 0.389. The Morgan fingerprint density at radius 1 is 1.22 bits per heavy atom. The lowest BCUT2D eigenvalue weighted by Gasteiger charge is -2.31. The molecule has 1 N–H and O–H groups in total. The van der Waals surface area contributed by atoms with E-state index in [0.29, 0.717) is 12.4 Å². The zero-order valence-corrected chi connectivity index (χ0v) is 13.5. The number of hydrogen-bond donors (Lipinski definition) is 1. The monoisotopic (exact) mass is 311 g/mol. The molecule has 1 atom stereocenters. The predicted octanol–water partition coefficient (Wildman–Crippen LogP) is 3.06. The molecule has 2 aromatic rings. The molecular weight excluding hydrogens is 290 g/mol. The first-order valence-corrected chi connectivity index (χ1v) is 7.93. The maximum Gasteiger partial charge on any atom is 0.308 e. The number of aryl methyl sites for hydroxylation is 2. The number of aliphatic carboxylic acids is 1. The molecule has 3 rings (SSSR count). The smallest absolute Gasteiger partial charge is 0.308 e. The highest BCUT2D eigenvalue weighted by Gasteiger charge is 2.26. The van der Waals surface area contributed by atoms with Gasteiger partial charge in [0.2, 0.25) is 0 Å². The van der Waals surface area contributed by atoms with Crippen LogP contribution in [0.3, 0.4) is 0 Å². The highest BCUT2D eigenvalue weighted by atomic mass is 16.4. The van der Waals surface area contributed by atoms with Crippen molar-refractivity contribution >= 4 is 11.8 Å². The van der Waals surface area contributed by atoms with Gasteiger partial charge < -0.3 is 10.0 Å². The lowest BCUT2D eigenvalue weighted by Crippen LogP contribution is -2.39. The molecule has 1 saturated heterocycles. The maximum atomic E-state index is 11.3. The number of carbonyl (C=O) groups is 1. The number of benzene rings is 1. The molecular formula is C18H21N3O2. The van der Waals surface area contributed by atoms with Crippen LogP contribution in [0.4, 0.5) is 5.82 Å². The summed E-state index contributed by atoms with van der Waals surface area (Å²) in [5.74, 6) is 0.470. The van der Waals surface area contributed by atoms with Crippen molar-refractivity contribution in [1.29, 1.82) is 0 Å². The van der Waals surface area contributed by atoms with Gasteiger partial charge in [-0.05, 0) is 26.7 Å². The van der Waals surface area contributed by atoms with Crippen molar-refractivity contribution in [2.75, 3.05) is 18.0 Å². The lowest BCUT2D eigenvalue weighted by atomic mass is 9.98. The first kappa shape index (κ1) is 15.5. The van der Waals surface area contributed by atoms with Crippen LogP contribution in [0.15, 0.2) is 30.3 Å². The van der Waals surface area contributed by atoms with Crippen LogP contribution in [0.1, 0.15) is 24.1 Å². The second-order valence-corrected chi connectivity index (χ2v) is 6.18. The average molecular weight is 311 g/mol. The van der Waals surface area contributed by atoms with E-state index in [2.05, 4.69) is 14.9 Å². The van der Waals surface area contributed by atoms with Gasteiger partial charge in [0.25, 0.3) is 0 Å². The van der Waals surface area contributed by atoms with Crippen LogP contribution in [0.25, 0.3) is 11.4 Å². The number of carboxylic acid groups (broad SMARTS) is 1. The number of anilines is 1. The van der Waals surface area contributed by atoms with Gasteiger partial charge in [0, 0.05) is 30.4 Å². The van der Waals surface area contributed by atoms with Gasteiger partial charge in [-0.1, -0.05) is 29.8 Å². The Labute approximate surface area is 136 Å². The number of rotatable bonds is 3. The van der Waals surface area contributed by atoms with Crippen molar-refractivity contribution in [2.45, 2.75) is 26.7 Å². The van der Waals surface area contributed by atoms with Crippen molar-refractivity contribution in [2.24, 2.45) is 5.92 Å². The van der Waals surface area contributed by atoms with Gasteiger partial charge in [0.15, 0.2) is 5.82 Å². The van der Waals surface area contributed by atoms with E-state index in [-0.39, 0.29) is 5.92 Å². The van der Waals surface area contributed by atoms with E-state index in [1.54, 1.807) is 0 Å². The van der Waals surface area contributed by atoms with Crippen LogP contribution in [0.5, 0.6) is 0 Å². The largest absolute Gasteiger partial charge is 0.481 e. The Hall–Kier alpha value is -2.43. The molecule has 23 heavy (non-hydrogen) atoms. The van der Waals surface area contributed by atoms with E-state index in [0.717, 1.165) is 36.5 Å². The number of nitrogens with zero attached hydrogens (tertiary/aromatic N) is 3. The number of hydrogen-bond acceptors (Lipinski definition) is 4. The van der Waals surface area contributed by atoms with Crippen molar-refractivity contribution in [3.05, 3.63) is 41.6 Å². The third-order valence-electron chi connectivity index (χ3n) is 4.25. The van der Waals surface area contributed by atoms with Gasteiger partial charge in [-0.2, -0.15) is 0 Å². The van der Waals surface area contributed by atoms with Crippen LogP contribution in [0.2, 0.25) is 0 Å². The minimum Gasteiger partial charge on any atom is -0.481 e. The summed E-state index contributed by atoms with van der Waals surface area (Å²) in [6, 6.07) is 10.1. The quantitative estimate of drug-likeness (QED) is 0.943. The molecule has 1 fully saturated rings. The summed E-state index contributed by atoms with van der Waals surface area (Å²) in [5, 5.41) is 9.26. The van der Waals surface area contributed by atoms with Crippen molar-refractivity contribution in [3.8, 4) is 11.4 Å². The van der Waals surface area contributed by atoms with Gasteiger partial charge in [-0.15, -0.1) is 0 Å². The summed E-state index contributed by atoms with van der Waals surface area (Å²) in [5.41, 5.74) is 3.07. The van der Waals surface area contributed by atoms with E-state index < -0.39 is 5.97 Å². The van der Waals surface area contributed by atoms with Crippen LogP contribution in [-0.4, -0.2) is 34.1 Å². The van der Waals surface area contributed by atoms with Crippen LogP contribution in [0, 0.1) is 19.8 Å². The third kappa shape index (κ3) is 3.50. The average Bonchev–Trinajstić information content (AvgIpc) is 2.55. The minimum absolute atomic E-state index is 0.318. The zero-order chi connectivity index (χ0) is 16.4. The molecule has 0 radical (unpaired) electrons. The SMILES string of the molecule is Cc1ccc(-c2nc(C)cc(N3CCCC(C(=O)O)C3)n2)cc1. The standard InChI is InChI=1S/C18H21N3O2/c1-12-5-7-14(8-6-12)17-19-13(2)10-16(20-17)21-9-3-4-15(11-21)18(22)23/h5-8,10,15H,3-4,9,11H2,1-2H3,(H,22,23). The molecule has 0 saturated carbocycles. The van der Waals surface area contributed by atoms with E-state index in [1.807, 2.05) is 44.2 Å². The van der Waals surface area contributed by atoms with Crippen LogP contribution in [-0.2, 0) is 4.79 Å². The zero-order valence-electron chi connectivity index (χ0n) is 13.5. The lowest BCUT2D eigenvalue weighted by molar-refractivity contribution is -0.141. The maximum absolute atomic E-state index is 11.3. The van der Waals surface area contributed by atoms with Crippen molar-refractivity contribution < 1.29 is 9.90 Å². The Kier molecular flexibility index (Phi) is 4.28. The molecule has 1 unspecified atom stereocenters. The summed E-state index contributed by atoms with van der Waals surface area (Å²) < 4.78 is 0. The molecule has 0 aliphatic carbocycles. The summed E-state index contributed by atoms with van der Waals surface area (Å²) in [6.45, 7) is 5.35. The number of piperidine rings is 1. The number of aromatic nitrogens is 2. The second-order valence-electron chi connectivity index (χ2n) is 6.18. The van der Waals surface area contributed by atoms with Crippen LogP contribution >= 0.6 is 0 Å². The molecule has 0 amide bonds. The summed E-state index contributed by atoms with van der Waals surface area (Å²) in [7, 11) is 0. The van der Waals surface area contributed by atoms with Gasteiger partial charge in [-0.3, -0.25) is 4.79 Å². The molecule has 5 heteroatoms. The Bertz CT molecular complexity index is 713. The molecule has 5 nitrogen and oxygen atoms in total. The molecule has 1 aliphatic rings. The summed E-state index contributed by atoms with van der Waals surface area (Å²) >= 11 is 0. The summed E-state index contributed by atoms with van der Waals surface area (Å²) in [4.78, 5) is 22.5. The topological polar surface area (TPSA) is 66.3 Å². The van der Waals surface area contributed by atoms with Gasteiger partial charge in [0.1, 0.15) is 5.82 Å². The fourth-order valence-corrected chi connectivity index (χ4v) is 2.93. The minimum atomic E-state index is -0.723. The molecule has 0 spiro atoms. The van der Waals surface area contributed by atoms with Crippen molar-refractivity contribution in [1.82, 2.24) is 9.97 Å². The van der Waals surface area contributed by atoms with Gasteiger partial charge in [-0.25, -0.2) is 9.97 Å². The second kappa shape index (κ2) is 6.36. The Morgan fingerprint density at radius 2 is 1.96 bits per heavy atom. The normalized spacial score (nSPS) is 18.0. The van der Waals surface area contributed by atoms with E-state index in [1.165, 1.54) is 5.56 Å².